The molecule has 16 heavy (non-hydrogen) atoms. The van der Waals surface area contributed by atoms with Gasteiger partial charge in [0.05, 0.1) is 11.1 Å². The fraction of sp³-hybridized carbons (Fsp3) is 0.500. The van der Waals surface area contributed by atoms with Gasteiger partial charge < -0.3 is 5.11 Å². The molecule has 0 aliphatic carbocycles. The first kappa shape index (κ1) is 13.4. The highest BCUT2D eigenvalue weighted by Gasteiger charge is 2.22. The van der Waals surface area contributed by atoms with Crippen molar-refractivity contribution in [1.29, 1.82) is 0 Å². The van der Waals surface area contributed by atoms with Crippen LogP contribution in [0.2, 0.25) is 5.02 Å². The average Bonchev–Trinajstić information content (AvgIpc) is 2.25. The highest BCUT2D eigenvalue weighted by Crippen LogP contribution is 2.31. The summed E-state index contributed by atoms with van der Waals surface area (Å²) in [6.45, 7) is 3.81. The molecule has 4 heteroatoms. The largest absolute Gasteiger partial charge is 0.388 e. The lowest BCUT2D eigenvalue weighted by Crippen LogP contribution is -2.13. The molecule has 0 spiro atoms. The molecule has 0 saturated heterocycles. The summed E-state index contributed by atoms with van der Waals surface area (Å²) in [6.07, 6.45) is 0.435. The van der Waals surface area contributed by atoms with Gasteiger partial charge in [0.25, 0.3) is 0 Å². The van der Waals surface area contributed by atoms with Crippen LogP contribution in [-0.4, -0.2) is 5.11 Å². The monoisotopic (exact) mass is 248 g/mol. The molecule has 1 aromatic carbocycles. The van der Waals surface area contributed by atoms with Crippen molar-refractivity contribution in [3.05, 3.63) is 34.4 Å². The molecule has 0 aliphatic rings. The maximum Gasteiger partial charge on any atom is 0.142 e. The minimum atomic E-state index is -0.984. The summed E-state index contributed by atoms with van der Waals surface area (Å²) < 4.78 is 26.7. The molecule has 0 radical (unpaired) electrons. The Morgan fingerprint density at radius 3 is 2.25 bits per heavy atom. The summed E-state index contributed by atoms with van der Waals surface area (Å²) >= 11 is 5.44. The van der Waals surface area contributed by atoms with E-state index in [-0.39, 0.29) is 16.5 Å². The minimum absolute atomic E-state index is 0.0180. The molecule has 0 aromatic heterocycles. The molecule has 0 fully saturated rings. The van der Waals surface area contributed by atoms with Crippen LogP contribution in [0.1, 0.15) is 38.4 Å². The Hall–Kier alpha value is -0.670. The zero-order valence-electron chi connectivity index (χ0n) is 9.30. The Kier molecular flexibility index (Phi) is 4.69. The van der Waals surface area contributed by atoms with Gasteiger partial charge in [0.1, 0.15) is 11.6 Å². The summed E-state index contributed by atoms with van der Waals surface area (Å²) in [5.41, 5.74) is -0.0180. The summed E-state index contributed by atoms with van der Waals surface area (Å²) in [5.74, 6) is -1.44. The Morgan fingerprint density at radius 2 is 1.75 bits per heavy atom. The van der Waals surface area contributed by atoms with Crippen LogP contribution in [0.5, 0.6) is 0 Å². The van der Waals surface area contributed by atoms with Gasteiger partial charge in [-0.15, -0.1) is 0 Å². The average molecular weight is 249 g/mol. The lowest BCUT2D eigenvalue weighted by molar-refractivity contribution is 0.0992. The Bertz CT molecular complexity index is 364. The van der Waals surface area contributed by atoms with Crippen LogP contribution in [0.4, 0.5) is 8.78 Å². The zero-order valence-corrected chi connectivity index (χ0v) is 10.1. The summed E-state index contributed by atoms with van der Waals surface area (Å²) in [7, 11) is 0. The number of aliphatic hydroxyl groups is 1. The van der Waals surface area contributed by atoms with Gasteiger partial charge in [-0.2, -0.15) is 0 Å². The topological polar surface area (TPSA) is 20.2 Å². The lowest BCUT2D eigenvalue weighted by Gasteiger charge is -2.21. The van der Waals surface area contributed by atoms with Gasteiger partial charge in [-0.25, -0.2) is 8.78 Å². The van der Waals surface area contributed by atoms with Crippen molar-refractivity contribution in [2.75, 3.05) is 0 Å². The van der Waals surface area contributed by atoms with Crippen molar-refractivity contribution in [3.63, 3.8) is 0 Å². The van der Waals surface area contributed by atoms with Gasteiger partial charge in [0.15, 0.2) is 0 Å². The third-order valence-electron chi connectivity index (χ3n) is 2.85. The van der Waals surface area contributed by atoms with Crippen LogP contribution in [-0.2, 0) is 0 Å². The van der Waals surface area contributed by atoms with Crippen molar-refractivity contribution < 1.29 is 13.9 Å². The lowest BCUT2D eigenvalue weighted by atomic mass is 9.91. The van der Waals surface area contributed by atoms with Gasteiger partial charge in [0, 0.05) is 5.56 Å². The van der Waals surface area contributed by atoms with E-state index in [2.05, 4.69) is 0 Å². The van der Waals surface area contributed by atoms with Crippen molar-refractivity contribution in [3.8, 4) is 0 Å². The van der Waals surface area contributed by atoms with E-state index in [0.717, 1.165) is 12.1 Å². The minimum Gasteiger partial charge on any atom is -0.388 e. The van der Waals surface area contributed by atoms with E-state index in [0.29, 0.717) is 12.8 Å². The summed E-state index contributed by atoms with van der Waals surface area (Å²) in [5, 5.41) is 9.66. The van der Waals surface area contributed by atoms with Gasteiger partial charge in [-0.3, -0.25) is 0 Å². The number of halogens is 3. The van der Waals surface area contributed by atoms with Crippen molar-refractivity contribution in [1.82, 2.24) is 0 Å². The first-order valence-corrected chi connectivity index (χ1v) is 5.71. The Labute approximate surface area is 99.0 Å². The first-order chi connectivity index (χ1) is 7.51. The van der Waals surface area contributed by atoms with Crippen molar-refractivity contribution in [2.45, 2.75) is 32.8 Å². The van der Waals surface area contributed by atoms with Gasteiger partial charge in [-0.05, 0) is 18.1 Å². The second-order valence-electron chi connectivity index (χ2n) is 3.81. The van der Waals surface area contributed by atoms with E-state index in [1.165, 1.54) is 0 Å². The number of hydrogen-bond donors (Lipinski definition) is 1. The first-order valence-electron chi connectivity index (χ1n) is 5.33. The van der Waals surface area contributed by atoms with Crippen LogP contribution >= 0.6 is 11.6 Å². The van der Waals surface area contributed by atoms with Gasteiger partial charge in [0.2, 0.25) is 0 Å². The maximum absolute atomic E-state index is 13.5. The fourth-order valence-electron chi connectivity index (χ4n) is 1.75. The highest BCUT2D eigenvalue weighted by atomic mass is 35.5. The van der Waals surface area contributed by atoms with Crippen LogP contribution in [0, 0.1) is 17.6 Å². The molecular weight excluding hydrogens is 234 g/mol. The van der Waals surface area contributed by atoms with Gasteiger partial charge in [-0.1, -0.05) is 38.3 Å². The molecule has 1 atom stereocenters. The van der Waals surface area contributed by atoms with E-state index in [1.807, 2.05) is 13.8 Å². The number of rotatable bonds is 4. The molecule has 90 valence electrons. The number of benzene rings is 1. The molecule has 1 nitrogen and oxygen atoms in total. The van der Waals surface area contributed by atoms with E-state index in [1.54, 1.807) is 0 Å². The molecule has 0 heterocycles. The third kappa shape index (κ3) is 2.71. The molecule has 1 unspecified atom stereocenters. The standard InChI is InChI=1S/C12H15ClF2O/c1-3-7(4-2)12(16)8-5-11(15)9(13)6-10(8)14/h5-7,12,16H,3-4H2,1-2H3. The van der Waals surface area contributed by atoms with Crippen LogP contribution in [0.25, 0.3) is 0 Å². The number of aliphatic hydroxyl groups excluding tert-OH is 1. The smallest absolute Gasteiger partial charge is 0.142 e. The van der Waals surface area contributed by atoms with Crippen LogP contribution in [0.3, 0.4) is 0 Å². The SMILES string of the molecule is CCC(CC)C(O)c1cc(F)c(Cl)cc1F. The molecule has 1 aromatic rings. The number of hydrogen-bond acceptors (Lipinski definition) is 1. The molecule has 0 saturated carbocycles. The second kappa shape index (κ2) is 5.60. The van der Waals surface area contributed by atoms with Crippen molar-refractivity contribution >= 4 is 11.6 Å². The van der Waals surface area contributed by atoms with E-state index < -0.39 is 17.7 Å². The van der Waals surface area contributed by atoms with Crippen LogP contribution < -0.4 is 0 Å². The molecular formula is C12H15ClF2O. The predicted octanol–water partition coefficient (Wildman–Crippen LogP) is 4.09. The highest BCUT2D eigenvalue weighted by molar-refractivity contribution is 6.30. The molecule has 1 rings (SSSR count). The van der Waals surface area contributed by atoms with E-state index in [4.69, 9.17) is 11.6 Å². The zero-order chi connectivity index (χ0) is 12.3. The van der Waals surface area contributed by atoms with E-state index in [9.17, 15) is 13.9 Å². The molecule has 1 N–H and O–H groups in total. The quantitative estimate of drug-likeness (QED) is 0.796. The predicted molar refractivity (Wildman–Crippen MR) is 60.4 cm³/mol. The summed E-state index contributed by atoms with van der Waals surface area (Å²) in [6, 6.07) is 1.87. The molecule has 0 aliphatic heterocycles. The molecule has 0 bridgehead atoms. The normalized spacial score (nSPS) is 13.2. The van der Waals surface area contributed by atoms with E-state index >= 15 is 0 Å². The van der Waals surface area contributed by atoms with Crippen LogP contribution in [0.15, 0.2) is 12.1 Å². The molecule has 0 amide bonds. The maximum atomic E-state index is 13.5. The van der Waals surface area contributed by atoms with Crippen molar-refractivity contribution in [2.24, 2.45) is 5.92 Å². The second-order valence-corrected chi connectivity index (χ2v) is 4.22. The fourth-order valence-corrected chi connectivity index (χ4v) is 1.90. The van der Waals surface area contributed by atoms with Gasteiger partial charge >= 0.3 is 0 Å². The summed E-state index contributed by atoms with van der Waals surface area (Å²) in [4.78, 5) is 0. The third-order valence-corrected chi connectivity index (χ3v) is 3.14. The Morgan fingerprint density at radius 1 is 1.19 bits per heavy atom. The Balaban J connectivity index is 3.07.